The number of esters is 1. The van der Waals surface area contributed by atoms with E-state index in [1.54, 1.807) is 12.1 Å². The van der Waals surface area contributed by atoms with Crippen molar-refractivity contribution in [1.82, 2.24) is 0 Å². The Bertz CT molecular complexity index is 1330. The van der Waals surface area contributed by atoms with Crippen molar-refractivity contribution in [3.8, 4) is 0 Å². The van der Waals surface area contributed by atoms with Gasteiger partial charge in [-0.3, -0.25) is 0 Å². The van der Waals surface area contributed by atoms with Crippen molar-refractivity contribution in [3.05, 3.63) is 53.4 Å². The molecule has 0 spiro atoms. The maximum absolute atomic E-state index is 15.0. The lowest BCUT2D eigenvalue weighted by Gasteiger charge is -2.72. The van der Waals surface area contributed by atoms with Crippen LogP contribution in [0.5, 0.6) is 0 Å². The second-order valence-corrected chi connectivity index (χ2v) is 16.1. The van der Waals surface area contributed by atoms with Gasteiger partial charge >= 0.3 is 5.97 Å². The molecule has 9 atom stereocenters. The number of allylic oxidation sites excluding steroid dienone is 3. The Morgan fingerprint density at radius 1 is 0.953 bits per heavy atom. The van der Waals surface area contributed by atoms with Crippen molar-refractivity contribution >= 4 is 36.4 Å². The lowest BCUT2D eigenvalue weighted by molar-refractivity contribution is -0.217. The van der Waals surface area contributed by atoms with Crippen molar-refractivity contribution < 1.29 is 13.9 Å². The Balaban J connectivity index is 0.00000212. The van der Waals surface area contributed by atoms with E-state index in [0.717, 1.165) is 24.8 Å². The lowest BCUT2D eigenvalue weighted by atomic mass is 9.33. The van der Waals surface area contributed by atoms with Crippen molar-refractivity contribution in [3.63, 3.8) is 0 Å². The number of carbonyl (C=O) groups is 1. The van der Waals surface area contributed by atoms with E-state index < -0.39 is 11.8 Å². The fraction of sp³-hybridized carbons (Fsp3) is 0.703. The molecule has 6 rings (SSSR count). The molecule has 1 aromatic rings. The first kappa shape index (κ1) is 34.5. The van der Waals surface area contributed by atoms with Crippen LogP contribution in [0, 0.1) is 57.1 Å². The molecule has 0 aliphatic heterocycles. The van der Waals surface area contributed by atoms with Gasteiger partial charge in [0.1, 0.15) is 5.82 Å². The molecule has 4 saturated carbocycles. The van der Waals surface area contributed by atoms with E-state index in [9.17, 15) is 4.79 Å². The standard InChI is InChI=1S/C37H52FNO2.2ClH/c1-22(2)24-13-18-37(39)20-19-35(6)27(31(24)37)11-12-30-34(5)16-14-26(33(3,4)29(34)15-17-36(30,35)7)23-9-10-25(28(38)21-23)32(40)41-8;;/h9-10,14,21,24,27,29-31H,1,11-13,15-20,39H2,2-8H3;2*1H/t24-,27+,29-,30+,31+,34-,35+,36+,37-;;/m0../s1. The molecule has 3 nitrogen and oxygen atoms in total. The molecule has 1 aromatic carbocycles. The van der Waals surface area contributed by atoms with E-state index in [4.69, 9.17) is 10.5 Å². The fourth-order valence-electron chi connectivity index (χ4n) is 12.3. The van der Waals surface area contributed by atoms with Gasteiger partial charge < -0.3 is 10.5 Å². The van der Waals surface area contributed by atoms with Crippen LogP contribution < -0.4 is 5.73 Å². The van der Waals surface area contributed by atoms with Crippen LogP contribution >= 0.6 is 24.8 Å². The molecule has 0 bridgehead atoms. The topological polar surface area (TPSA) is 52.3 Å². The van der Waals surface area contributed by atoms with E-state index in [1.807, 2.05) is 6.07 Å². The van der Waals surface area contributed by atoms with Gasteiger partial charge in [0.2, 0.25) is 0 Å². The van der Waals surface area contributed by atoms with E-state index in [0.29, 0.717) is 29.6 Å². The highest BCUT2D eigenvalue weighted by Gasteiger charge is 2.70. The fourth-order valence-corrected chi connectivity index (χ4v) is 12.3. The Labute approximate surface area is 271 Å². The summed E-state index contributed by atoms with van der Waals surface area (Å²) in [5.41, 5.74) is 11.4. The first-order valence-electron chi connectivity index (χ1n) is 16.2. The number of ether oxygens (including phenoxy) is 1. The highest BCUT2D eigenvalue weighted by Crippen LogP contribution is 2.76. The quantitative estimate of drug-likeness (QED) is 0.266. The van der Waals surface area contributed by atoms with Crippen LogP contribution in [0.4, 0.5) is 4.39 Å². The molecule has 43 heavy (non-hydrogen) atoms. The van der Waals surface area contributed by atoms with Gasteiger partial charge in [-0.05, 0) is 139 Å². The number of benzene rings is 1. The largest absolute Gasteiger partial charge is 0.465 e. The maximum Gasteiger partial charge on any atom is 0.340 e. The first-order chi connectivity index (χ1) is 19.1. The van der Waals surface area contributed by atoms with E-state index in [2.05, 4.69) is 54.2 Å². The molecule has 2 N–H and O–H groups in total. The summed E-state index contributed by atoms with van der Waals surface area (Å²) in [5, 5.41) is 0. The van der Waals surface area contributed by atoms with Gasteiger partial charge in [0, 0.05) is 5.54 Å². The number of hydrogen-bond acceptors (Lipinski definition) is 3. The van der Waals surface area contributed by atoms with Crippen molar-refractivity contribution in [2.75, 3.05) is 7.11 Å². The van der Waals surface area contributed by atoms with Crippen LogP contribution in [0.1, 0.15) is 115 Å². The number of nitrogens with two attached hydrogens (primary N) is 1. The minimum absolute atomic E-state index is 0. The van der Waals surface area contributed by atoms with Gasteiger partial charge in [-0.1, -0.05) is 58.9 Å². The number of hydrogen-bond donors (Lipinski definition) is 1. The van der Waals surface area contributed by atoms with E-state index in [-0.39, 0.29) is 57.6 Å². The van der Waals surface area contributed by atoms with E-state index in [1.165, 1.54) is 56.8 Å². The van der Waals surface area contributed by atoms with Crippen LogP contribution in [0.25, 0.3) is 5.57 Å². The minimum Gasteiger partial charge on any atom is -0.465 e. The summed E-state index contributed by atoms with van der Waals surface area (Å²) in [6.45, 7) is 19.3. The zero-order chi connectivity index (χ0) is 29.8. The number of halogens is 3. The average molecular weight is 635 g/mol. The molecule has 0 saturated heterocycles. The number of methoxy groups -OCH3 is 1. The number of carbonyl (C=O) groups excluding carboxylic acids is 1. The van der Waals surface area contributed by atoms with Gasteiger partial charge in [0.25, 0.3) is 0 Å². The second kappa shape index (κ2) is 11.2. The molecule has 0 heterocycles. The molecule has 240 valence electrons. The Morgan fingerprint density at radius 3 is 2.28 bits per heavy atom. The van der Waals surface area contributed by atoms with Crippen molar-refractivity contribution in [2.24, 2.45) is 57.0 Å². The summed E-state index contributed by atoms with van der Waals surface area (Å²) in [5.74, 6) is 1.85. The highest BCUT2D eigenvalue weighted by molar-refractivity contribution is 5.90. The number of rotatable bonds is 3. The minimum atomic E-state index is -0.629. The zero-order valence-corrected chi connectivity index (χ0v) is 29.0. The van der Waals surface area contributed by atoms with Crippen LogP contribution in [-0.4, -0.2) is 18.6 Å². The van der Waals surface area contributed by atoms with Crippen LogP contribution in [-0.2, 0) is 4.74 Å². The van der Waals surface area contributed by atoms with Gasteiger partial charge in [-0.2, -0.15) is 0 Å². The normalized spacial score (nSPS) is 42.4. The third-order valence-electron chi connectivity index (χ3n) is 14.4. The molecule has 0 aromatic heterocycles. The third-order valence-corrected chi connectivity index (χ3v) is 14.4. The summed E-state index contributed by atoms with van der Waals surface area (Å²) >= 11 is 0. The lowest BCUT2D eigenvalue weighted by Crippen LogP contribution is -2.67. The van der Waals surface area contributed by atoms with Crippen LogP contribution in [0.3, 0.4) is 0 Å². The molecule has 6 heteroatoms. The molecule has 5 aliphatic carbocycles. The molecular formula is C37H54Cl2FNO2. The van der Waals surface area contributed by atoms with E-state index >= 15 is 4.39 Å². The zero-order valence-electron chi connectivity index (χ0n) is 27.4. The smallest absolute Gasteiger partial charge is 0.340 e. The predicted molar refractivity (Wildman–Crippen MR) is 179 cm³/mol. The SMILES string of the molecule is C=C(C)[C@@H]1CC[C@]2(N)CC[C@]3(C)[C@H](CC[C@@H]4[C@@]5(C)CC=C(c6ccc(C(=O)OC)c(F)c6)C(C)(C)[C@@H]5CC[C@]43C)[C@@H]12.Cl.Cl. The molecule has 0 amide bonds. The number of fused-ring (bicyclic) bond motifs is 7. The Morgan fingerprint density at radius 2 is 1.65 bits per heavy atom. The average Bonchev–Trinajstić information content (AvgIpc) is 3.26. The first-order valence-corrected chi connectivity index (χ1v) is 16.2. The van der Waals surface area contributed by atoms with Gasteiger partial charge in [-0.25, -0.2) is 9.18 Å². The summed E-state index contributed by atoms with van der Waals surface area (Å²) in [4.78, 5) is 12.0. The van der Waals surface area contributed by atoms with Crippen LogP contribution in [0.2, 0.25) is 0 Å². The van der Waals surface area contributed by atoms with Gasteiger partial charge in [-0.15, -0.1) is 24.8 Å². The maximum atomic E-state index is 15.0. The highest BCUT2D eigenvalue weighted by atomic mass is 35.5. The summed E-state index contributed by atoms with van der Waals surface area (Å²) in [6.07, 6.45) is 13.2. The Kier molecular flexibility index (Phi) is 8.96. The monoisotopic (exact) mass is 633 g/mol. The summed E-state index contributed by atoms with van der Waals surface area (Å²) < 4.78 is 19.8. The predicted octanol–water partition coefficient (Wildman–Crippen LogP) is 9.82. The third kappa shape index (κ3) is 4.62. The Hall–Kier alpha value is -1.36. The molecule has 0 unspecified atom stereocenters. The van der Waals surface area contributed by atoms with Crippen molar-refractivity contribution in [1.29, 1.82) is 0 Å². The molecule has 0 radical (unpaired) electrons. The molecular weight excluding hydrogens is 580 g/mol. The summed E-state index contributed by atoms with van der Waals surface area (Å²) in [7, 11) is 1.29. The van der Waals surface area contributed by atoms with Crippen molar-refractivity contribution in [2.45, 2.75) is 105 Å². The van der Waals surface area contributed by atoms with Crippen LogP contribution in [0.15, 0.2) is 36.4 Å². The molecule has 5 aliphatic rings. The molecule has 4 fully saturated rings. The second-order valence-electron chi connectivity index (χ2n) is 16.1. The van der Waals surface area contributed by atoms with Gasteiger partial charge in [0.05, 0.1) is 12.7 Å². The van der Waals surface area contributed by atoms with Gasteiger partial charge in [0.15, 0.2) is 0 Å². The summed E-state index contributed by atoms with van der Waals surface area (Å²) in [6, 6.07) is 5.04.